The first-order valence-corrected chi connectivity index (χ1v) is 9.12. The first kappa shape index (κ1) is 19.7. The van der Waals surface area contributed by atoms with Gasteiger partial charge in [-0.05, 0) is 51.4 Å². The summed E-state index contributed by atoms with van der Waals surface area (Å²) >= 11 is 0. The highest BCUT2D eigenvalue weighted by atomic mass is 16.5. The number of unbranched alkanes of at least 4 members (excludes halogenated alkanes) is 2. The van der Waals surface area contributed by atoms with Gasteiger partial charge in [0, 0.05) is 12.8 Å². The van der Waals surface area contributed by atoms with E-state index in [4.69, 9.17) is 9.47 Å². The van der Waals surface area contributed by atoms with E-state index in [1.807, 2.05) is 6.92 Å². The molecule has 0 saturated heterocycles. The molecule has 23 heavy (non-hydrogen) atoms. The fourth-order valence-electron chi connectivity index (χ4n) is 2.69. The van der Waals surface area contributed by atoms with Gasteiger partial charge in [-0.1, -0.05) is 31.9 Å². The molecule has 0 saturated carbocycles. The summed E-state index contributed by atoms with van der Waals surface area (Å²) < 4.78 is 10.6. The lowest BCUT2D eigenvalue weighted by atomic mass is 9.95. The summed E-state index contributed by atoms with van der Waals surface area (Å²) in [6.07, 6.45) is 12.9. The van der Waals surface area contributed by atoms with E-state index < -0.39 is 0 Å². The van der Waals surface area contributed by atoms with Gasteiger partial charge in [-0.15, -0.1) is 0 Å². The van der Waals surface area contributed by atoms with Gasteiger partial charge in [-0.25, -0.2) is 0 Å². The van der Waals surface area contributed by atoms with Gasteiger partial charge in [-0.3, -0.25) is 9.59 Å². The van der Waals surface area contributed by atoms with Crippen LogP contribution in [0.25, 0.3) is 0 Å². The maximum absolute atomic E-state index is 11.7. The van der Waals surface area contributed by atoms with E-state index in [2.05, 4.69) is 19.1 Å². The zero-order valence-electron chi connectivity index (χ0n) is 14.7. The lowest BCUT2D eigenvalue weighted by molar-refractivity contribution is -0.149. The molecule has 0 aromatic rings. The molecule has 2 atom stereocenters. The molecule has 1 aliphatic rings. The smallest absolute Gasteiger partial charge is 0.306 e. The summed E-state index contributed by atoms with van der Waals surface area (Å²) in [4.78, 5) is 23.4. The van der Waals surface area contributed by atoms with Crippen LogP contribution in [0, 0.1) is 5.92 Å². The summed E-state index contributed by atoms with van der Waals surface area (Å²) in [5.41, 5.74) is 0. The third-order valence-electron chi connectivity index (χ3n) is 4.17. The van der Waals surface area contributed by atoms with Gasteiger partial charge >= 0.3 is 11.9 Å². The van der Waals surface area contributed by atoms with E-state index in [1.54, 1.807) is 0 Å². The molecule has 2 unspecified atom stereocenters. The van der Waals surface area contributed by atoms with E-state index in [1.165, 1.54) is 12.8 Å². The molecule has 4 heteroatoms. The van der Waals surface area contributed by atoms with E-state index in [9.17, 15) is 9.59 Å². The molecule has 0 aromatic heterocycles. The molecule has 1 rings (SSSR count). The number of carbonyl (C=O) groups excluding carboxylic acids is 2. The van der Waals surface area contributed by atoms with Gasteiger partial charge in [0.25, 0.3) is 0 Å². The van der Waals surface area contributed by atoms with Crippen molar-refractivity contribution >= 4 is 11.9 Å². The number of carbonyl (C=O) groups is 2. The van der Waals surface area contributed by atoms with Crippen LogP contribution in [0.4, 0.5) is 0 Å². The second-order valence-corrected chi connectivity index (χ2v) is 6.48. The summed E-state index contributed by atoms with van der Waals surface area (Å²) in [6.45, 7) is 4.59. The van der Waals surface area contributed by atoms with Crippen LogP contribution >= 0.6 is 0 Å². The Hall–Kier alpha value is -1.32. The fourth-order valence-corrected chi connectivity index (χ4v) is 2.69. The Labute approximate surface area is 140 Å². The second-order valence-electron chi connectivity index (χ2n) is 6.48. The van der Waals surface area contributed by atoms with E-state index >= 15 is 0 Å². The molecular formula is C19H32O4. The molecular weight excluding hydrogens is 292 g/mol. The van der Waals surface area contributed by atoms with E-state index in [0.717, 1.165) is 32.1 Å². The van der Waals surface area contributed by atoms with Crippen molar-refractivity contribution in [3.8, 4) is 0 Å². The molecule has 0 radical (unpaired) electrons. The molecule has 0 fully saturated rings. The molecule has 0 aliphatic heterocycles. The third-order valence-corrected chi connectivity index (χ3v) is 4.17. The zero-order chi connectivity index (χ0) is 16.9. The monoisotopic (exact) mass is 324 g/mol. The molecule has 0 heterocycles. The summed E-state index contributed by atoms with van der Waals surface area (Å²) in [6, 6.07) is 0. The Bertz CT molecular complexity index is 376. The highest BCUT2D eigenvalue weighted by Gasteiger charge is 2.14. The van der Waals surface area contributed by atoms with E-state index in [-0.39, 0.29) is 18.0 Å². The summed E-state index contributed by atoms with van der Waals surface area (Å²) in [5, 5.41) is 0. The standard InChI is InChI=1S/C19H32O4/c1-3-4-6-10-16(2)23-19(21)14-9-13-18(20)22-15-17-11-7-5-8-12-17/h5,7,16-17H,3-4,6,8-15H2,1-2H3. The van der Waals surface area contributed by atoms with Crippen molar-refractivity contribution in [3.05, 3.63) is 12.2 Å². The molecule has 4 nitrogen and oxygen atoms in total. The second kappa shape index (κ2) is 12.1. The first-order chi connectivity index (χ1) is 11.1. The topological polar surface area (TPSA) is 52.6 Å². The predicted molar refractivity (Wildman–Crippen MR) is 91.0 cm³/mol. The lowest BCUT2D eigenvalue weighted by Gasteiger charge is -2.17. The average molecular weight is 324 g/mol. The normalized spacial score (nSPS) is 18.4. The number of hydrogen-bond donors (Lipinski definition) is 0. The SMILES string of the molecule is CCCCCC(C)OC(=O)CCCC(=O)OCC1CC=CCC1. The van der Waals surface area contributed by atoms with Gasteiger partial charge < -0.3 is 9.47 Å². The molecule has 132 valence electrons. The van der Waals surface area contributed by atoms with E-state index in [0.29, 0.717) is 31.8 Å². The van der Waals surface area contributed by atoms with Crippen molar-refractivity contribution in [2.45, 2.75) is 84.2 Å². The molecule has 0 bridgehead atoms. The minimum Gasteiger partial charge on any atom is -0.465 e. The van der Waals surface area contributed by atoms with Crippen LogP contribution in [0.1, 0.15) is 78.1 Å². The molecule has 0 spiro atoms. The van der Waals surface area contributed by atoms with Crippen LogP contribution < -0.4 is 0 Å². The lowest BCUT2D eigenvalue weighted by Crippen LogP contribution is -2.17. The van der Waals surface area contributed by atoms with Crippen LogP contribution in [-0.4, -0.2) is 24.6 Å². The first-order valence-electron chi connectivity index (χ1n) is 9.12. The minimum absolute atomic E-state index is 0.0274. The molecule has 0 amide bonds. The van der Waals surface area contributed by atoms with Gasteiger partial charge in [0.05, 0.1) is 12.7 Å². The van der Waals surface area contributed by atoms with Crippen LogP contribution in [0.5, 0.6) is 0 Å². The summed E-state index contributed by atoms with van der Waals surface area (Å²) in [7, 11) is 0. The van der Waals surface area contributed by atoms with Crippen molar-refractivity contribution in [2.24, 2.45) is 5.92 Å². The Morgan fingerprint density at radius 3 is 2.61 bits per heavy atom. The molecule has 0 aromatic carbocycles. The third kappa shape index (κ3) is 10.1. The van der Waals surface area contributed by atoms with Gasteiger partial charge in [0.15, 0.2) is 0 Å². The molecule has 0 N–H and O–H groups in total. The Kier molecular flexibility index (Phi) is 10.4. The average Bonchev–Trinajstić information content (AvgIpc) is 2.54. The van der Waals surface area contributed by atoms with Crippen LogP contribution in [0.15, 0.2) is 12.2 Å². The number of rotatable bonds is 11. The van der Waals surface area contributed by atoms with Crippen molar-refractivity contribution < 1.29 is 19.1 Å². The minimum atomic E-state index is -0.209. The van der Waals surface area contributed by atoms with Gasteiger partial charge in [0.2, 0.25) is 0 Å². The number of hydrogen-bond acceptors (Lipinski definition) is 4. The summed E-state index contributed by atoms with van der Waals surface area (Å²) in [5.74, 6) is 0.0421. The maximum atomic E-state index is 11.7. The van der Waals surface area contributed by atoms with Crippen LogP contribution in [0.2, 0.25) is 0 Å². The van der Waals surface area contributed by atoms with Crippen molar-refractivity contribution in [1.82, 2.24) is 0 Å². The quantitative estimate of drug-likeness (QED) is 0.317. The zero-order valence-corrected chi connectivity index (χ0v) is 14.7. The van der Waals surface area contributed by atoms with Crippen LogP contribution in [0.3, 0.4) is 0 Å². The van der Waals surface area contributed by atoms with Crippen molar-refractivity contribution in [1.29, 1.82) is 0 Å². The van der Waals surface area contributed by atoms with Gasteiger partial charge in [0.1, 0.15) is 0 Å². The van der Waals surface area contributed by atoms with Crippen LogP contribution in [-0.2, 0) is 19.1 Å². The highest BCUT2D eigenvalue weighted by molar-refractivity contribution is 5.72. The Morgan fingerprint density at radius 1 is 1.13 bits per heavy atom. The van der Waals surface area contributed by atoms with Gasteiger partial charge in [-0.2, -0.15) is 0 Å². The van der Waals surface area contributed by atoms with Crippen molar-refractivity contribution in [3.63, 3.8) is 0 Å². The Balaban J connectivity index is 2.02. The predicted octanol–water partition coefficient (Wildman–Crippen LogP) is 4.57. The maximum Gasteiger partial charge on any atom is 0.306 e. The molecule has 1 aliphatic carbocycles. The van der Waals surface area contributed by atoms with Crippen molar-refractivity contribution in [2.75, 3.05) is 6.61 Å². The number of ether oxygens (including phenoxy) is 2. The highest BCUT2D eigenvalue weighted by Crippen LogP contribution is 2.18. The number of allylic oxidation sites excluding steroid dienone is 2. The largest absolute Gasteiger partial charge is 0.465 e. The fraction of sp³-hybridized carbons (Fsp3) is 0.789. The number of esters is 2. The Morgan fingerprint density at radius 2 is 1.91 bits per heavy atom.